The van der Waals surface area contributed by atoms with Gasteiger partial charge in [-0.25, -0.2) is 9.97 Å². The number of rotatable bonds is 4. The van der Waals surface area contributed by atoms with Crippen molar-refractivity contribution < 1.29 is 17.9 Å². The number of anilines is 2. The lowest BCUT2D eigenvalue weighted by Gasteiger charge is -2.11. The van der Waals surface area contributed by atoms with Crippen LogP contribution in [0.25, 0.3) is 10.6 Å². The molecule has 24 heavy (non-hydrogen) atoms. The highest BCUT2D eigenvalue weighted by Gasteiger charge is 2.34. The second kappa shape index (κ2) is 6.48. The Morgan fingerprint density at radius 2 is 1.83 bits per heavy atom. The zero-order valence-corrected chi connectivity index (χ0v) is 13.3. The van der Waals surface area contributed by atoms with Crippen LogP contribution < -0.4 is 10.1 Å². The fourth-order valence-corrected chi connectivity index (χ4v) is 2.69. The molecule has 0 aliphatic carbocycles. The van der Waals surface area contributed by atoms with E-state index in [4.69, 9.17) is 4.74 Å². The SMILES string of the molecule is COc1ccc(Nc2nc(-c3cccs3)cc(C(F)(F)F)n2)cc1. The molecule has 0 unspecified atom stereocenters. The van der Waals surface area contributed by atoms with Gasteiger partial charge in [0, 0.05) is 5.69 Å². The fourth-order valence-electron chi connectivity index (χ4n) is 2.00. The van der Waals surface area contributed by atoms with Gasteiger partial charge in [-0.3, -0.25) is 0 Å². The number of ether oxygens (including phenoxy) is 1. The number of hydrogen-bond acceptors (Lipinski definition) is 5. The quantitative estimate of drug-likeness (QED) is 0.720. The second-order valence-corrected chi connectivity index (χ2v) is 5.74. The van der Waals surface area contributed by atoms with Gasteiger partial charge in [0.15, 0.2) is 5.69 Å². The lowest BCUT2D eigenvalue weighted by atomic mass is 10.2. The molecule has 3 rings (SSSR count). The predicted molar refractivity (Wildman–Crippen MR) is 86.6 cm³/mol. The smallest absolute Gasteiger partial charge is 0.433 e. The van der Waals surface area contributed by atoms with Crippen LogP contribution in [0.4, 0.5) is 24.8 Å². The molecule has 0 saturated carbocycles. The third kappa shape index (κ3) is 3.65. The number of aromatic nitrogens is 2. The van der Waals surface area contributed by atoms with E-state index in [1.807, 2.05) is 0 Å². The van der Waals surface area contributed by atoms with Crippen molar-refractivity contribution in [2.45, 2.75) is 6.18 Å². The monoisotopic (exact) mass is 351 g/mol. The van der Waals surface area contributed by atoms with E-state index in [1.165, 1.54) is 18.4 Å². The molecule has 0 atom stereocenters. The standard InChI is InChI=1S/C16H12F3N3OS/c1-23-11-6-4-10(5-7-11)20-15-21-12(13-3-2-8-24-13)9-14(22-15)16(17,18)19/h2-9H,1H3,(H,20,21,22). The Morgan fingerprint density at radius 1 is 1.08 bits per heavy atom. The maximum absolute atomic E-state index is 13.1. The number of halogens is 3. The summed E-state index contributed by atoms with van der Waals surface area (Å²) in [6.07, 6.45) is -4.55. The molecule has 0 amide bonds. The van der Waals surface area contributed by atoms with Crippen LogP contribution in [-0.2, 0) is 6.18 Å². The minimum atomic E-state index is -4.55. The molecular weight excluding hydrogens is 339 g/mol. The molecule has 1 aromatic carbocycles. The maximum atomic E-state index is 13.1. The van der Waals surface area contributed by atoms with Gasteiger partial charge in [0.2, 0.25) is 5.95 Å². The van der Waals surface area contributed by atoms with E-state index in [0.29, 0.717) is 16.3 Å². The van der Waals surface area contributed by atoms with Crippen LogP contribution in [-0.4, -0.2) is 17.1 Å². The molecule has 0 spiro atoms. The minimum absolute atomic E-state index is 0.113. The van der Waals surface area contributed by atoms with E-state index < -0.39 is 11.9 Å². The molecular formula is C16H12F3N3OS. The van der Waals surface area contributed by atoms with Crippen LogP contribution in [0.15, 0.2) is 47.8 Å². The third-order valence-corrected chi connectivity index (χ3v) is 4.03. The van der Waals surface area contributed by atoms with Crippen molar-refractivity contribution in [1.82, 2.24) is 9.97 Å². The van der Waals surface area contributed by atoms with Crippen LogP contribution in [0.2, 0.25) is 0 Å². The molecule has 0 radical (unpaired) electrons. The lowest BCUT2D eigenvalue weighted by molar-refractivity contribution is -0.141. The first-order valence-electron chi connectivity index (χ1n) is 6.87. The van der Waals surface area contributed by atoms with Crippen molar-refractivity contribution in [1.29, 1.82) is 0 Å². The molecule has 0 aliphatic rings. The Balaban J connectivity index is 1.98. The van der Waals surface area contributed by atoms with E-state index >= 15 is 0 Å². The number of hydrogen-bond donors (Lipinski definition) is 1. The van der Waals surface area contributed by atoms with E-state index in [0.717, 1.165) is 6.07 Å². The molecule has 3 aromatic rings. The highest BCUT2D eigenvalue weighted by molar-refractivity contribution is 7.13. The van der Waals surface area contributed by atoms with E-state index in [-0.39, 0.29) is 11.6 Å². The van der Waals surface area contributed by atoms with E-state index in [9.17, 15) is 13.2 Å². The van der Waals surface area contributed by atoms with E-state index in [2.05, 4.69) is 15.3 Å². The van der Waals surface area contributed by atoms with Gasteiger partial charge in [0.05, 0.1) is 17.7 Å². The van der Waals surface area contributed by atoms with Gasteiger partial charge in [-0.2, -0.15) is 13.2 Å². The van der Waals surface area contributed by atoms with Crippen LogP contribution in [0.5, 0.6) is 5.75 Å². The summed E-state index contributed by atoms with van der Waals surface area (Å²) >= 11 is 1.31. The zero-order chi connectivity index (χ0) is 17.2. The Kier molecular flexibility index (Phi) is 4.39. The Hall–Kier alpha value is -2.61. The minimum Gasteiger partial charge on any atom is -0.497 e. The molecule has 2 aromatic heterocycles. The highest BCUT2D eigenvalue weighted by Crippen LogP contribution is 2.33. The summed E-state index contributed by atoms with van der Waals surface area (Å²) in [6.45, 7) is 0. The summed E-state index contributed by atoms with van der Waals surface area (Å²) in [6, 6.07) is 11.1. The van der Waals surface area contributed by atoms with Gasteiger partial charge < -0.3 is 10.1 Å². The summed E-state index contributed by atoms with van der Waals surface area (Å²) in [4.78, 5) is 8.40. The highest BCUT2D eigenvalue weighted by atomic mass is 32.1. The molecule has 0 aliphatic heterocycles. The summed E-state index contributed by atoms with van der Waals surface area (Å²) in [5.41, 5.74) is -0.201. The number of nitrogens with one attached hydrogen (secondary N) is 1. The van der Waals surface area contributed by atoms with Crippen molar-refractivity contribution in [3.63, 3.8) is 0 Å². The maximum Gasteiger partial charge on any atom is 0.433 e. The Labute approximate surface area is 140 Å². The largest absolute Gasteiger partial charge is 0.497 e. The first-order chi connectivity index (χ1) is 11.5. The molecule has 0 bridgehead atoms. The molecule has 0 fully saturated rings. The van der Waals surface area contributed by atoms with Gasteiger partial charge in [-0.1, -0.05) is 6.07 Å². The number of alkyl halides is 3. The van der Waals surface area contributed by atoms with Crippen molar-refractivity contribution >= 4 is 23.0 Å². The van der Waals surface area contributed by atoms with Gasteiger partial charge in [0.1, 0.15) is 5.75 Å². The van der Waals surface area contributed by atoms with Crippen LogP contribution in [0.1, 0.15) is 5.69 Å². The summed E-state index contributed by atoms with van der Waals surface area (Å²) in [5.74, 6) is 0.531. The van der Waals surface area contributed by atoms with Gasteiger partial charge >= 0.3 is 6.18 Å². The van der Waals surface area contributed by atoms with Crippen LogP contribution >= 0.6 is 11.3 Å². The number of benzene rings is 1. The average Bonchev–Trinajstić information content (AvgIpc) is 3.09. The zero-order valence-electron chi connectivity index (χ0n) is 12.5. The van der Waals surface area contributed by atoms with Gasteiger partial charge in [-0.15, -0.1) is 11.3 Å². The van der Waals surface area contributed by atoms with Crippen molar-refractivity contribution in [3.8, 4) is 16.3 Å². The number of nitrogens with zero attached hydrogens (tertiary/aromatic N) is 2. The van der Waals surface area contributed by atoms with Crippen molar-refractivity contribution in [3.05, 3.63) is 53.5 Å². The van der Waals surface area contributed by atoms with Crippen LogP contribution in [0.3, 0.4) is 0 Å². The summed E-state index contributed by atoms with van der Waals surface area (Å²) < 4.78 is 44.3. The van der Waals surface area contributed by atoms with Crippen molar-refractivity contribution in [2.24, 2.45) is 0 Å². The summed E-state index contributed by atoms with van der Waals surface area (Å²) in [7, 11) is 1.53. The molecule has 1 N–H and O–H groups in total. The predicted octanol–water partition coefficient (Wildman–Crippen LogP) is 4.98. The normalized spacial score (nSPS) is 11.3. The lowest BCUT2D eigenvalue weighted by Crippen LogP contribution is -2.11. The topological polar surface area (TPSA) is 47.0 Å². The Bertz CT molecular complexity index is 818. The first-order valence-corrected chi connectivity index (χ1v) is 7.75. The van der Waals surface area contributed by atoms with Gasteiger partial charge in [-0.05, 0) is 41.8 Å². The number of methoxy groups -OCH3 is 1. The molecule has 2 heterocycles. The fraction of sp³-hybridized carbons (Fsp3) is 0.125. The summed E-state index contributed by atoms with van der Waals surface area (Å²) in [5, 5.41) is 4.58. The molecule has 8 heteroatoms. The van der Waals surface area contributed by atoms with E-state index in [1.54, 1.807) is 41.8 Å². The van der Waals surface area contributed by atoms with Gasteiger partial charge in [0.25, 0.3) is 0 Å². The third-order valence-electron chi connectivity index (χ3n) is 3.14. The average molecular weight is 351 g/mol. The van der Waals surface area contributed by atoms with Crippen LogP contribution in [0, 0.1) is 0 Å². The van der Waals surface area contributed by atoms with Crippen molar-refractivity contribution in [2.75, 3.05) is 12.4 Å². The molecule has 4 nitrogen and oxygen atoms in total. The number of thiophene rings is 1. The first kappa shape index (κ1) is 16.3. The molecule has 0 saturated heterocycles. The Morgan fingerprint density at radius 3 is 2.42 bits per heavy atom. The molecule has 124 valence electrons. The second-order valence-electron chi connectivity index (χ2n) is 4.79.